The van der Waals surface area contributed by atoms with Gasteiger partial charge in [0.05, 0.1) is 19.6 Å². The smallest absolute Gasteiger partial charge is 0.320 e. The third kappa shape index (κ3) is 12.0. The number of rotatable bonds is 11. The number of carbonyl (C=O) groups is 4. The highest BCUT2D eigenvalue weighted by Gasteiger charge is 2.27. The van der Waals surface area contributed by atoms with Crippen LogP contribution in [0.5, 0.6) is 0 Å². The largest absolute Gasteiger partial charge is 0.480 e. The first-order chi connectivity index (χ1) is 15.6. The summed E-state index contributed by atoms with van der Waals surface area (Å²) >= 11 is 0. The van der Waals surface area contributed by atoms with Gasteiger partial charge in [-0.05, 0) is 12.0 Å². The second-order valence-electron chi connectivity index (χ2n) is 7.64. The van der Waals surface area contributed by atoms with Crippen LogP contribution in [0, 0.1) is 0 Å². The standard InChI is InChI=1S/C18H31N7O8/c19-21-20-2-1-14(18(32)33)25-9-7-23(12-16(28)29)5-3-22(11-15(26)27)4-6-24(8-10-25)13-17(30)31/h14H,1-13H2,(H,26,27)(H,28,29)(H,30,31)(H,32,33). The van der Waals surface area contributed by atoms with Gasteiger partial charge in [0.15, 0.2) is 0 Å². The van der Waals surface area contributed by atoms with Crippen molar-refractivity contribution in [3.05, 3.63) is 10.4 Å². The average Bonchev–Trinajstić information content (AvgIpc) is 2.70. The number of carboxylic acid groups (broad SMARTS) is 4. The fourth-order valence-corrected chi connectivity index (χ4v) is 3.60. The topological polar surface area (TPSA) is 211 Å². The third-order valence-corrected chi connectivity index (χ3v) is 5.24. The Hall–Kier alpha value is -2.97. The van der Waals surface area contributed by atoms with Gasteiger partial charge in [0.25, 0.3) is 0 Å². The minimum atomic E-state index is -1.13. The van der Waals surface area contributed by atoms with E-state index in [9.17, 15) is 34.5 Å². The summed E-state index contributed by atoms with van der Waals surface area (Å²) in [6.45, 7) is 0.855. The van der Waals surface area contributed by atoms with Crippen molar-refractivity contribution in [3.8, 4) is 0 Å². The summed E-state index contributed by atoms with van der Waals surface area (Å²) < 4.78 is 0. The maximum absolute atomic E-state index is 11.9. The summed E-state index contributed by atoms with van der Waals surface area (Å²) in [4.78, 5) is 54.7. The number of hydrogen-bond acceptors (Lipinski definition) is 9. The van der Waals surface area contributed by atoms with Crippen LogP contribution in [0.15, 0.2) is 5.11 Å². The predicted molar refractivity (Wildman–Crippen MR) is 114 cm³/mol. The van der Waals surface area contributed by atoms with Gasteiger partial charge in [-0.1, -0.05) is 5.11 Å². The molecule has 15 heteroatoms. The molecule has 0 amide bonds. The Bertz CT molecular complexity index is 699. The van der Waals surface area contributed by atoms with E-state index in [1.165, 1.54) is 0 Å². The van der Waals surface area contributed by atoms with Crippen molar-refractivity contribution < 1.29 is 39.6 Å². The van der Waals surface area contributed by atoms with E-state index < -0.39 is 29.9 Å². The van der Waals surface area contributed by atoms with E-state index in [4.69, 9.17) is 10.6 Å². The maximum Gasteiger partial charge on any atom is 0.320 e. The highest BCUT2D eigenvalue weighted by atomic mass is 16.4. The number of hydrogen-bond donors (Lipinski definition) is 4. The monoisotopic (exact) mass is 473 g/mol. The molecule has 0 aromatic rings. The molecule has 15 nitrogen and oxygen atoms in total. The van der Waals surface area contributed by atoms with Crippen LogP contribution in [0.1, 0.15) is 6.42 Å². The van der Waals surface area contributed by atoms with E-state index in [1.54, 1.807) is 19.6 Å². The van der Waals surface area contributed by atoms with E-state index in [-0.39, 0.29) is 85.0 Å². The number of azide groups is 1. The molecule has 1 aliphatic heterocycles. The first-order valence-electron chi connectivity index (χ1n) is 10.4. The molecule has 1 aliphatic rings. The highest BCUT2D eigenvalue weighted by Crippen LogP contribution is 2.09. The summed E-state index contributed by atoms with van der Waals surface area (Å²) in [6, 6.07) is -1.000. The second-order valence-corrected chi connectivity index (χ2v) is 7.64. The van der Waals surface area contributed by atoms with Crippen LogP contribution in [0.3, 0.4) is 0 Å². The Morgan fingerprint density at radius 2 is 1.09 bits per heavy atom. The van der Waals surface area contributed by atoms with Crippen LogP contribution >= 0.6 is 0 Å². The lowest BCUT2D eigenvalue weighted by Crippen LogP contribution is -2.52. The predicted octanol–water partition coefficient (Wildman–Crippen LogP) is -1.38. The van der Waals surface area contributed by atoms with E-state index in [2.05, 4.69) is 10.0 Å². The highest BCUT2D eigenvalue weighted by molar-refractivity contribution is 5.73. The van der Waals surface area contributed by atoms with Crippen molar-refractivity contribution in [1.82, 2.24) is 19.6 Å². The van der Waals surface area contributed by atoms with Gasteiger partial charge in [-0.15, -0.1) is 0 Å². The van der Waals surface area contributed by atoms with Gasteiger partial charge < -0.3 is 20.4 Å². The zero-order valence-corrected chi connectivity index (χ0v) is 18.3. The van der Waals surface area contributed by atoms with E-state index >= 15 is 0 Å². The summed E-state index contributed by atoms with van der Waals surface area (Å²) in [6.07, 6.45) is 0.0453. The molecule has 186 valence electrons. The molecule has 1 unspecified atom stereocenters. The van der Waals surface area contributed by atoms with Gasteiger partial charge in [0.2, 0.25) is 0 Å². The molecule has 1 heterocycles. The quantitative estimate of drug-likeness (QED) is 0.155. The van der Waals surface area contributed by atoms with Crippen molar-refractivity contribution >= 4 is 23.9 Å². The Morgan fingerprint density at radius 1 is 0.727 bits per heavy atom. The summed E-state index contributed by atoms with van der Waals surface area (Å²) in [7, 11) is 0. The maximum atomic E-state index is 11.9. The number of nitrogens with zero attached hydrogens (tertiary/aromatic N) is 7. The summed E-state index contributed by atoms with van der Waals surface area (Å²) in [5, 5.41) is 40.7. The average molecular weight is 473 g/mol. The van der Waals surface area contributed by atoms with Crippen molar-refractivity contribution in [2.24, 2.45) is 5.11 Å². The van der Waals surface area contributed by atoms with Crippen LogP contribution in [-0.4, -0.2) is 148 Å². The molecule has 1 rings (SSSR count). The minimum Gasteiger partial charge on any atom is -0.480 e. The van der Waals surface area contributed by atoms with E-state index in [0.29, 0.717) is 0 Å². The van der Waals surface area contributed by atoms with E-state index in [0.717, 1.165) is 0 Å². The van der Waals surface area contributed by atoms with Gasteiger partial charge in [-0.25, -0.2) is 0 Å². The van der Waals surface area contributed by atoms with Crippen molar-refractivity contribution in [2.75, 3.05) is 78.5 Å². The van der Waals surface area contributed by atoms with Crippen LogP contribution in [0.25, 0.3) is 10.4 Å². The summed E-state index contributed by atoms with van der Waals surface area (Å²) in [5.74, 6) is -4.31. The van der Waals surface area contributed by atoms with Crippen molar-refractivity contribution in [3.63, 3.8) is 0 Å². The SMILES string of the molecule is [N-]=[N+]=NCCC(C(=O)O)N1CCN(CC(=O)O)CCN(CC(=O)O)CCN(CC(=O)O)CC1. The fourth-order valence-electron chi connectivity index (χ4n) is 3.60. The molecule has 1 saturated heterocycles. The number of aliphatic carboxylic acids is 4. The molecular formula is C18H31N7O8. The molecule has 33 heavy (non-hydrogen) atoms. The molecule has 1 fully saturated rings. The minimum absolute atomic E-state index is 0.0359. The lowest BCUT2D eigenvalue weighted by atomic mass is 10.1. The van der Waals surface area contributed by atoms with Gasteiger partial charge in [0.1, 0.15) is 6.04 Å². The van der Waals surface area contributed by atoms with E-state index in [1.807, 2.05) is 0 Å². The molecule has 0 saturated carbocycles. The third-order valence-electron chi connectivity index (χ3n) is 5.24. The molecule has 0 radical (unpaired) electrons. The zero-order chi connectivity index (χ0) is 24.8. The van der Waals surface area contributed by atoms with Gasteiger partial charge in [0, 0.05) is 63.8 Å². The van der Waals surface area contributed by atoms with Gasteiger partial charge in [-0.2, -0.15) is 0 Å². The van der Waals surface area contributed by atoms with Gasteiger partial charge >= 0.3 is 23.9 Å². The lowest BCUT2D eigenvalue weighted by Gasteiger charge is -2.35. The Kier molecular flexibility index (Phi) is 12.7. The Labute approximate surface area is 190 Å². The van der Waals surface area contributed by atoms with Crippen LogP contribution < -0.4 is 0 Å². The molecular weight excluding hydrogens is 442 g/mol. The fraction of sp³-hybridized carbons (Fsp3) is 0.778. The molecule has 0 aliphatic carbocycles. The normalized spacial score (nSPS) is 18.9. The molecule has 0 aromatic heterocycles. The van der Waals surface area contributed by atoms with Crippen molar-refractivity contribution in [1.29, 1.82) is 0 Å². The lowest BCUT2D eigenvalue weighted by molar-refractivity contribution is -0.145. The first-order valence-corrected chi connectivity index (χ1v) is 10.4. The molecule has 0 bridgehead atoms. The van der Waals surface area contributed by atoms with Crippen molar-refractivity contribution in [2.45, 2.75) is 12.5 Å². The Balaban J connectivity index is 3.10. The molecule has 0 aromatic carbocycles. The van der Waals surface area contributed by atoms with Crippen LogP contribution in [0.4, 0.5) is 0 Å². The van der Waals surface area contributed by atoms with Gasteiger partial charge in [-0.3, -0.25) is 38.8 Å². The second kappa shape index (κ2) is 15.0. The molecule has 4 N–H and O–H groups in total. The molecule has 1 atom stereocenters. The molecule has 0 spiro atoms. The Morgan fingerprint density at radius 3 is 1.39 bits per heavy atom. The van der Waals surface area contributed by atoms with Crippen LogP contribution in [-0.2, 0) is 19.2 Å². The summed E-state index contributed by atoms with van der Waals surface area (Å²) in [5.41, 5.74) is 8.48. The van der Waals surface area contributed by atoms with Crippen LogP contribution in [0.2, 0.25) is 0 Å². The zero-order valence-electron chi connectivity index (χ0n) is 18.3. The number of carboxylic acids is 4. The first kappa shape index (κ1) is 28.1.